The second-order valence-electron chi connectivity index (χ2n) is 10.6. The Labute approximate surface area is 202 Å². The molecule has 2 nitrogen and oxygen atoms in total. The Hall–Kier alpha value is 0.0112. The Morgan fingerprint density at radius 3 is 1.47 bits per heavy atom. The molecule has 0 bridgehead atoms. The first-order chi connectivity index (χ1) is 13.3. The van der Waals surface area contributed by atoms with E-state index in [0.29, 0.717) is 39.9 Å². The van der Waals surface area contributed by atoms with Gasteiger partial charge in [-0.05, 0) is 39.0 Å². The minimum absolute atomic E-state index is 0. The molecule has 1 rings (SSSR count). The molecule has 5 heteroatoms. The maximum atomic E-state index is 7.02. The molecule has 0 aliphatic carbocycles. The smallest absolute Gasteiger partial charge is 0.563 e. The number of benzene rings is 1. The predicted molar refractivity (Wildman–Crippen MR) is 133 cm³/mol. The average molecular weight is 443 g/mol. The molecule has 0 spiro atoms. The summed E-state index contributed by atoms with van der Waals surface area (Å²) in [5.41, 5.74) is 4.55. The fourth-order valence-corrected chi connectivity index (χ4v) is 16.6. The molecule has 168 valence electrons. The second kappa shape index (κ2) is 12.3. The minimum atomic E-state index is -2.00. The Bertz CT molecular complexity index is 584. The van der Waals surface area contributed by atoms with Crippen LogP contribution in [0.2, 0.25) is 33.2 Å². The van der Waals surface area contributed by atoms with E-state index in [1.165, 1.54) is 0 Å². The first kappa shape index (κ1) is 30.0. The van der Waals surface area contributed by atoms with Crippen molar-refractivity contribution >= 4 is 16.6 Å². The van der Waals surface area contributed by atoms with Gasteiger partial charge in [-0.25, -0.2) is 0 Å². The second-order valence-corrected chi connectivity index (χ2v) is 21.4. The summed E-state index contributed by atoms with van der Waals surface area (Å²) in [5, 5.41) is 0. The van der Waals surface area contributed by atoms with Crippen LogP contribution in [-0.2, 0) is 11.0 Å². The van der Waals surface area contributed by atoms with Gasteiger partial charge in [-0.2, -0.15) is 18.2 Å². The molecule has 0 saturated carbocycles. The molecule has 0 aliphatic rings. The van der Waals surface area contributed by atoms with Crippen LogP contribution >= 0.6 is 0 Å². The van der Waals surface area contributed by atoms with E-state index < -0.39 is 16.6 Å². The molecule has 0 N–H and O–H groups in total. The van der Waals surface area contributed by atoms with Crippen LogP contribution in [0.25, 0.3) is 0 Å². The zero-order valence-corrected chi connectivity index (χ0v) is 24.2. The van der Waals surface area contributed by atoms with E-state index in [9.17, 15) is 0 Å². The summed E-state index contributed by atoms with van der Waals surface area (Å²) in [4.78, 5) is 0. The first-order valence-corrected chi connectivity index (χ1v) is 15.9. The molecule has 30 heavy (non-hydrogen) atoms. The topological polar surface area (TPSA) is 18.5 Å². The third kappa shape index (κ3) is 6.07. The van der Waals surface area contributed by atoms with Gasteiger partial charge < -0.3 is 8.85 Å². The van der Waals surface area contributed by atoms with Gasteiger partial charge in [-0.1, -0.05) is 88.6 Å². The Morgan fingerprint density at radius 1 is 0.700 bits per heavy atom. The van der Waals surface area contributed by atoms with Crippen molar-refractivity contribution in [3.05, 3.63) is 29.8 Å². The van der Waals surface area contributed by atoms with Crippen molar-refractivity contribution < 1.29 is 27.7 Å². The van der Waals surface area contributed by atoms with Crippen LogP contribution in [0.3, 0.4) is 0 Å². The van der Waals surface area contributed by atoms with Crippen molar-refractivity contribution in [1.29, 1.82) is 0 Å². The normalized spacial score (nSPS) is 13.1. The van der Waals surface area contributed by atoms with Crippen molar-refractivity contribution in [3.63, 3.8) is 0 Å². The van der Waals surface area contributed by atoms with E-state index in [4.69, 9.17) is 8.85 Å². The summed E-state index contributed by atoms with van der Waals surface area (Å²) < 4.78 is 13.9. The van der Waals surface area contributed by atoms with Gasteiger partial charge in [-0.15, -0.1) is 6.07 Å². The fourth-order valence-electron chi connectivity index (χ4n) is 5.91. The monoisotopic (exact) mass is 442 g/mol. The van der Waals surface area contributed by atoms with Crippen LogP contribution in [0.5, 0.6) is 5.75 Å². The Morgan fingerprint density at radius 2 is 1.10 bits per heavy atom. The molecular weight excluding hydrogens is 395 g/mol. The molecule has 0 aromatic heterocycles. The molecule has 1 aromatic rings. The van der Waals surface area contributed by atoms with E-state index in [1.54, 1.807) is 0 Å². The van der Waals surface area contributed by atoms with E-state index in [-0.39, 0.29) is 18.9 Å². The zero-order valence-electron chi connectivity index (χ0n) is 22.2. The molecule has 0 amide bonds. The van der Waals surface area contributed by atoms with Gasteiger partial charge >= 0.3 is 18.9 Å². The van der Waals surface area contributed by atoms with Crippen LogP contribution in [0.1, 0.15) is 88.6 Å². The van der Waals surface area contributed by atoms with Crippen LogP contribution in [0.15, 0.2) is 18.2 Å². The van der Waals surface area contributed by atoms with Crippen LogP contribution in [-0.4, -0.2) is 16.6 Å². The SMILES string of the molecule is CC(C)[Si](OCc1c[c-]ccc1O[Si](C(C)C)(C(C)C)C(C)C)(C(C)C)C(C)C.[Li+]. The standard InChI is InChI=1S/C25H47O2Si2.Li/c1-18(2)28(19(3)4,20(5)6)26-17-24-15-13-14-16-25(24)27-29(21(7)8,22(9)10)23(11)12;/h14-16,18-23H,17H2,1-12H3;/q-1;+1. The number of hydrogen-bond donors (Lipinski definition) is 0. The predicted octanol–water partition coefficient (Wildman–Crippen LogP) is 5.74. The van der Waals surface area contributed by atoms with Crippen molar-refractivity contribution in [2.24, 2.45) is 0 Å². The minimum Gasteiger partial charge on any atom is -0.563 e. The molecule has 1 aromatic carbocycles. The summed E-state index contributed by atoms with van der Waals surface area (Å²) in [6.07, 6.45) is 0. The van der Waals surface area contributed by atoms with E-state index >= 15 is 0 Å². The summed E-state index contributed by atoms with van der Waals surface area (Å²) in [6, 6.07) is 9.44. The van der Waals surface area contributed by atoms with Gasteiger partial charge in [0, 0.05) is 6.61 Å². The van der Waals surface area contributed by atoms with Crippen LogP contribution in [0, 0.1) is 6.07 Å². The zero-order chi connectivity index (χ0) is 22.6. The molecule has 0 fully saturated rings. The van der Waals surface area contributed by atoms with E-state index in [2.05, 4.69) is 101 Å². The third-order valence-electron chi connectivity index (χ3n) is 7.08. The first-order valence-electron chi connectivity index (χ1n) is 11.7. The maximum absolute atomic E-state index is 7.02. The van der Waals surface area contributed by atoms with E-state index in [0.717, 1.165) is 11.3 Å². The summed E-state index contributed by atoms with van der Waals surface area (Å²) in [7, 11) is -3.91. The quantitative estimate of drug-likeness (QED) is 0.321. The van der Waals surface area contributed by atoms with Crippen LogP contribution < -0.4 is 23.3 Å². The fraction of sp³-hybridized carbons (Fsp3) is 0.760. The van der Waals surface area contributed by atoms with Gasteiger partial charge in [0.2, 0.25) is 0 Å². The molecule has 0 radical (unpaired) electrons. The number of rotatable bonds is 11. The Kier molecular flexibility index (Phi) is 12.3. The van der Waals surface area contributed by atoms with Gasteiger partial charge in [0.15, 0.2) is 8.32 Å². The van der Waals surface area contributed by atoms with Crippen molar-refractivity contribution in [2.75, 3.05) is 0 Å². The molecule has 0 saturated heterocycles. The van der Waals surface area contributed by atoms with Crippen molar-refractivity contribution in [3.8, 4) is 5.75 Å². The van der Waals surface area contributed by atoms with Crippen molar-refractivity contribution in [1.82, 2.24) is 0 Å². The molecule has 0 aliphatic heterocycles. The molecule has 0 unspecified atom stereocenters. The Balaban J connectivity index is 0.00000841. The summed E-state index contributed by atoms with van der Waals surface area (Å²) >= 11 is 0. The third-order valence-corrected chi connectivity index (χ3v) is 19.1. The van der Waals surface area contributed by atoms with Crippen molar-refractivity contribution in [2.45, 2.75) is 123 Å². The van der Waals surface area contributed by atoms with Gasteiger partial charge in [0.1, 0.15) is 0 Å². The molecule has 0 atom stereocenters. The van der Waals surface area contributed by atoms with Gasteiger partial charge in [0.05, 0.1) is 0 Å². The van der Waals surface area contributed by atoms with Gasteiger partial charge in [-0.3, -0.25) is 0 Å². The molecular formula is C25H47LiO2Si2. The summed E-state index contributed by atoms with van der Waals surface area (Å²) in [6.45, 7) is 28.7. The average Bonchev–Trinajstić information content (AvgIpc) is 2.59. The van der Waals surface area contributed by atoms with Crippen LogP contribution in [0.4, 0.5) is 0 Å². The number of hydrogen-bond acceptors (Lipinski definition) is 2. The largest absolute Gasteiger partial charge is 1.00 e. The van der Waals surface area contributed by atoms with Gasteiger partial charge in [0.25, 0.3) is 8.32 Å². The summed E-state index contributed by atoms with van der Waals surface area (Å²) in [5.74, 6) is 1.02. The molecule has 0 heterocycles. The van der Waals surface area contributed by atoms with E-state index in [1.807, 2.05) is 6.07 Å². The maximum Gasteiger partial charge on any atom is 1.00 e.